The summed E-state index contributed by atoms with van der Waals surface area (Å²) in [6.45, 7) is 2.37. The maximum atomic E-state index is 11.6. The zero-order valence-electron chi connectivity index (χ0n) is 9.81. The smallest absolute Gasteiger partial charge is 0.243 e. The predicted molar refractivity (Wildman–Crippen MR) is 66.7 cm³/mol. The summed E-state index contributed by atoms with van der Waals surface area (Å²) in [7, 11) is 0. The van der Waals surface area contributed by atoms with Crippen LogP contribution in [-0.2, 0) is 4.79 Å². The number of fused-ring (bicyclic) bond motifs is 1. The van der Waals surface area contributed by atoms with E-state index in [-0.39, 0.29) is 11.9 Å². The molecule has 0 radical (unpaired) electrons. The number of nitrogens with one attached hydrogen (secondary N) is 1. The van der Waals surface area contributed by atoms with E-state index in [0.717, 1.165) is 17.8 Å². The SMILES string of the molecule is CCC(CC#N)N1CC(=O)Nc2ccccc21. The first kappa shape index (κ1) is 11.5. The van der Waals surface area contributed by atoms with E-state index in [4.69, 9.17) is 5.26 Å². The number of rotatable bonds is 3. The molecule has 0 saturated carbocycles. The fourth-order valence-corrected chi connectivity index (χ4v) is 2.17. The number of nitriles is 1. The minimum Gasteiger partial charge on any atom is -0.357 e. The molecule has 1 aromatic rings. The van der Waals surface area contributed by atoms with Crippen LogP contribution in [0.4, 0.5) is 11.4 Å². The lowest BCUT2D eigenvalue weighted by molar-refractivity contribution is -0.115. The summed E-state index contributed by atoms with van der Waals surface area (Å²) in [5, 5.41) is 11.7. The average molecular weight is 229 g/mol. The normalized spacial score (nSPS) is 15.8. The van der Waals surface area contributed by atoms with Gasteiger partial charge in [-0.1, -0.05) is 19.1 Å². The third-order valence-corrected chi connectivity index (χ3v) is 3.04. The summed E-state index contributed by atoms with van der Waals surface area (Å²) in [6, 6.07) is 10.0. The molecule has 4 nitrogen and oxygen atoms in total. The molecule has 0 saturated heterocycles. The molecule has 17 heavy (non-hydrogen) atoms. The third kappa shape index (κ3) is 2.23. The van der Waals surface area contributed by atoms with Gasteiger partial charge in [0.05, 0.1) is 30.4 Å². The van der Waals surface area contributed by atoms with Crippen molar-refractivity contribution in [3.63, 3.8) is 0 Å². The van der Waals surface area contributed by atoms with Gasteiger partial charge in [0.1, 0.15) is 0 Å². The lowest BCUT2D eigenvalue weighted by atomic mass is 10.1. The van der Waals surface area contributed by atoms with Crippen molar-refractivity contribution in [3.8, 4) is 6.07 Å². The van der Waals surface area contributed by atoms with E-state index in [0.29, 0.717) is 13.0 Å². The summed E-state index contributed by atoms with van der Waals surface area (Å²) >= 11 is 0. The molecule has 88 valence electrons. The Kier molecular flexibility index (Phi) is 3.29. The van der Waals surface area contributed by atoms with Gasteiger partial charge in [-0.25, -0.2) is 0 Å². The van der Waals surface area contributed by atoms with E-state index in [2.05, 4.69) is 11.4 Å². The lowest BCUT2D eigenvalue weighted by Gasteiger charge is -2.36. The Labute approximate surface area is 101 Å². The van der Waals surface area contributed by atoms with Gasteiger partial charge in [-0.2, -0.15) is 5.26 Å². The highest BCUT2D eigenvalue weighted by Crippen LogP contribution is 2.31. The Bertz CT molecular complexity index is 464. The number of benzene rings is 1. The maximum Gasteiger partial charge on any atom is 0.243 e. The molecule has 1 amide bonds. The van der Waals surface area contributed by atoms with Crippen LogP contribution in [-0.4, -0.2) is 18.5 Å². The van der Waals surface area contributed by atoms with Crippen LogP contribution in [0.3, 0.4) is 0 Å². The maximum absolute atomic E-state index is 11.6. The Balaban J connectivity index is 2.35. The summed E-state index contributed by atoms with van der Waals surface area (Å²) in [5.41, 5.74) is 1.84. The van der Waals surface area contributed by atoms with Crippen LogP contribution in [0.5, 0.6) is 0 Å². The van der Waals surface area contributed by atoms with Gasteiger partial charge in [0.25, 0.3) is 0 Å². The highest BCUT2D eigenvalue weighted by Gasteiger charge is 2.26. The standard InChI is InChI=1S/C13H15N3O/c1-2-10(7-8-14)16-9-13(17)15-11-5-3-4-6-12(11)16/h3-6,10H,2,7,9H2,1H3,(H,15,17). The topological polar surface area (TPSA) is 56.1 Å². The van der Waals surface area contributed by atoms with Crippen molar-refractivity contribution < 1.29 is 4.79 Å². The van der Waals surface area contributed by atoms with E-state index in [9.17, 15) is 4.79 Å². The van der Waals surface area contributed by atoms with Gasteiger partial charge in [0, 0.05) is 6.04 Å². The van der Waals surface area contributed by atoms with Crippen LogP contribution >= 0.6 is 0 Å². The molecule has 1 aliphatic rings. The van der Waals surface area contributed by atoms with Gasteiger partial charge in [-0.3, -0.25) is 4.79 Å². The Morgan fingerprint density at radius 3 is 3.00 bits per heavy atom. The van der Waals surface area contributed by atoms with Gasteiger partial charge in [-0.05, 0) is 18.6 Å². The van der Waals surface area contributed by atoms with E-state index in [1.165, 1.54) is 0 Å². The van der Waals surface area contributed by atoms with Crippen LogP contribution in [0.2, 0.25) is 0 Å². The molecular weight excluding hydrogens is 214 g/mol. The number of amides is 1. The number of para-hydroxylation sites is 2. The van der Waals surface area contributed by atoms with Gasteiger partial charge in [0.15, 0.2) is 0 Å². The molecular formula is C13H15N3O. The molecule has 1 unspecified atom stereocenters. The molecule has 1 atom stereocenters. The monoisotopic (exact) mass is 229 g/mol. The molecule has 0 aromatic heterocycles. The van der Waals surface area contributed by atoms with Crippen LogP contribution in [0.1, 0.15) is 19.8 Å². The quantitative estimate of drug-likeness (QED) is 0.863. The van der Waals surface area contributed by atoms with Crippen molar-refractivity contribution in [1.29, 1.82) is 5.26 Å². The highest BCUT2D eigenvalue weighted by molar-refractivity contribution is 6.01. The van der Waals surface area contributed by atoms with Crippen LogP contribution in [0, 0.1) is 11.3 Å². The van der Waals surface area contributed by atoms with Gasteiger partial charge in [-0.15, -0.1) is 0 Å². The van der Waals surface area contributed by atoms with Gasteiger partial charge >= 0.3 is 0 Å². The first-order chi connectivity index (χ1) is 8.26. The molecule has 0 aliphatic carbocycles. The van der Waals surface area contributed by atoms with Crippen molar-refractivity contribution in [1.82, 2.24) is 0 Å². The Hall–Kier alpha value is -2.02. The fourth-order valence-electron chi connectivity index (χ4n) is 2.17. The van der Waals surface area contributed by atoms with E-state index in [1.807, 2.05) is 36.1 Å². The summed E-state index contributed by atoms with van der Waals surface area (Å²) in [5.74, 6) is -0.0138. The molecule has 0 fully saturated rings. The molecule has 1 aliphatic heterocycles. The number of anilines is 2. The molecule has 0 bridgehead atoms. The summed E-state index contributed by atoms with van der Waals surface area (Å²) in [6.07, 6.45) is 1.30. The van der Waals surface area contributed by atoms with Crippen LogP contribution < -0.4 is 10.2 Å². The van der Waals surface area contributed by atoms with Gasteiger partial charge in [0.2, 0.25) is 5.91 Å². The number of hydrogen-bond donors (Lipinski definition) is 1. The molecule has 2 rings (SSSR count). The minimum atomic E-state index is -0.0138. The van der Waals surface area contributed by atoms with Gasteiger partial charge < -0.3 is 10.2 Å². The molecule has 4 heteroatoms. The summed E-state index contributed by atoms with van der Waals surface area (Å²) < 4.78 is 0. The first-order valence-corrected chi connectivity index (χ1v) is 5.78. The van der Waals surface area contributed by atoms with Crippen molar-refractivity contribution >= 4 is 17.3 Å². The average Bonchev–Trinajstić information content (AvgIpc) is 2.35. The fraction of sp³-hybridized carbons (Fsp3) is 0.385. The predicted octanol–water partition coefficient (Wildman–Crippen LogP) is 2.14. The first-order valence-electron chi connectivity index (χ1n) is 5.78. The second-order valence-corrected chi connectivity index (χ2v) is 4.12. The number of hydrogen-bond acceptors (Lipinski definition) is 3. The number of carbonyl (C=O) groups excluding carboxylic acids is 1. The Morgan fingerprint density at radius 1 is 1.53 bits per heavy atom. The number of carbonyl (C=O) groups is 1. The van der Waals surface area contributed by atoms with Crippen molar-refractivity contribution in [2.24, 2.45) is 0 Å². The van der Waals surface area contributed by atoms with E-state index < -0.39 is 0 Å². The summed E-state index contributed by atoms with van der Waals surface area (Å²) in [4.78, 5) is 13.7. The Morgan fingerprint density at radius 2 is 2.29 bits per heavy atom. The molecule has 1 heterocycles. The third-order valence-electron chi connectivity index (χ3n) is 3.04. The van der Waals surface area contributed by atoms with E-state index in [1.54, 1.807) is 0 Å². The van der Waals surface area contributed by atoms with Crippen molar-refractivity contribution in [3.05, 3.63) is 24.3 Å². The molecule has 1 N–H and O–H groups in total. The second-order valence-electron chi connectivity index (χ2n) is 4.12. The molecule has 0 spiro atoms. The zero-order chi connectivity index (χ0) is 12.3. The van der Waals surface area contributed by atoms with E-state index >= 15 is 0 Å². The molecule has 1 aromatic carbocycles. The highest BCUT2D eigenvalue weighted by atomic mass is 16.2. The second kappa shape index (κ2) is 4.88. The lowest BCUT2D eigenvalue weighted by Crippen LogP contribution is -2.44. The van der Waals surface area contributed by atoms with Crippen LogP contribution in [0.25, 0.3) is 0 Å². The van der Waals surface area contributed by atoms with Crippen LogP contribution in [0.15, 0.2) is 24.3 Å². The minimum absolute atomic E-state index is 0.0138. The number of nitrogens with zero attached hydrogens (tertiary/aromatic N) is 2. The van der Waals surface area contributed by atoms with Crippen molar-refractivity contribution in [2.45, 2.75) is 25.8 Å². The largest absolute Gasteiger partial charge is 0.357 e. The zero-order valence-corrected chi connectivity index (χ0v) is 9.81. The van der Waals surface area contributed by atoms with Crippen molar-refractivity contribution in [2.75, 3.05) is 16.8 Å².